The average molecular weight is 768 g/mol. The van der Waals surface area contributed by atoms with Crippen LogP contribution in [0.5, 0.6) is 0 Å². The molecule has 0 bridgehead atoms. The van der Waals surface area contributed by atoms with Gasteiger partial charge < -0.3 is 0 Å². The van der Waals surface area contributed by atoms with Crippen LogP contribution in [-0.4, -0.2) is 35.1 Å². The SMILES string of the molecule is O=S(=O)([O][Sb]([O]S(=O)(=O)c1cccc2ccccc12)([c]1ccccc1)([c]1ccccc1)[c]1ccccc1)c1cccc2ccccc12. The number of benzene rings is 7. The summed E-state index contributed by atoms with van der Waals surface area (Å²) in [6.45, 7) is 0. The summed E-state index contributed by atoms with van der Waals surface area (Å²) in [5, 5.41) is 2.26. The first kappa shape index (κ1) is 31.3. The van der Waals surface area contributed by atoms with E-state index >= 15 is 0 Å². The zero-order valence-electron chi connectivity index (χ0n) is 25.0. The minimum absolute atomic E-state index is 0.0947. The van der Waals surface area contributed by atoms with E-state index in [1.54, 1.807) is 127 Å². The fraction of sp³-hybridized carbons (Fsp3) is 0. The number of hydrogen-bond acceptors (Lipinski definition) is 6. The van der Waals surface area contributed by atoms with Gasteiger partial charge in [-0.2, -0.15) is 0 Å². The van der Waals surface area contributed by atoms with Gasteiger partial charge in [0.15, 0.2) is 0 Å². The Morgan fingerprint density at radius 2 is 0.638 bits per heavy atom. The van der Waals surface area contributed by atoms with E-state index in [-0.39, 0.29) is 9.79 Å². The Bertz CT molecular complexity index is 2230. The van der Waals surface area contributed by atoms with Crippen LogP contribution in [0.3, 0.4) is 0 Å². The summed E-state index contributed by atoms with van der Waals surface area (Å²) in [6.07, 6.45) is 0. The molecule has 0 saturated carbocycles. The Kier molecular flexibility index (Phi) is 8.03. The first-order valence-electron chi connectivity index (χ1n) is 14.8. The van der Waals surface area contributed by atoms with E-state index in [4.69, 9.17) is 4.92 Å². The van der Waals surface area contributed by atoms with Crippen molar-refractivity contribution in [1.29, 1.82) is 0 Å². The molecule has 0 aliphatic heterocycles. The Hall–Kier alpha value is -4.30. The van der Waals surface area contributed by atoms with Gasteiger partial charge in [-0.25, -0.2) is 0 Å². The first-order chi connectivity index (χ1) is 22.7. The molecule has 0 heterocycles. The summed E-state index contributed by atoms with van der Waals surface area (Å²) >= 11 is -6.78. The second-order valence-electron chi connectivity index (χ2n) is 11.0. The molecule has 6 nitrogen and oxygen atoms in total. The molecule has 0 fully saturated rings. The molecule has 0 spiro atoms. The zero-order valence-corrected chi connectivity index (χ0v) is 29.1. The molecule has 9 heteroatoms. The normalized spacial score (nSPS) is 13.2. The van der Waals surface area contributed by atoms with Crippen molar-refractivity contribution in [3.63, 3.8) is 0 Å². The average Bonchev–Trinajstić information content (AvgIpc) is 3.12. The molecule has 234 valence electrons. The summed E-state index contributed by atoms with van der Waals surface area (Å²) in [6, 6.07) is 49.9. The van der Waals surface area contributed by atoms with Crippen LogP contribution in [0.4, 0.5) is 0 Å². The van der Waals surface area contributed by atoms with Gasteiger partial charge >= 0.3 is 278 Å². The second-order valence-corrected chi connectivity index (χ2v) is 26.4. The van der Waals surface area contributed by atoms with Crippen molar-refractivity contribution in [2.75, 3.05) is 0 Å². The van der Waals surface area contributed by atoms with Gasteiger partial charge in [-0.1, -0.05) is 0 Å². The minimum atomic E-state index is -6.78. The standard InChI is InChI=1S/2C10H8O3S.3C6H5.Sb/c2*11-14(12,13)10-7-3-5-8-4-1-2-6-9(8)10;3*1-2-4-6-5-3-1;/h2*1-7H,(H,11,12,13);3*1-5H;/q;;;;;+2/p-2. The van der Waals surface area contributed by atoms with Crippen LogP contribution in [0.15, 0.2) is 186 Å². The van der Waals surface area contributed by atoms with Crippen LogP contribution in [0.25, 0.3) is 21.5 Å². The predicted octanol–water partition coefficient (Wildman–Crippen LogP) is 6.22. The fourth-order valence-electron chi connectivity index (χ4n) is 6.10. The van der Waals surface area contributed by atoms with Crippen molar-refractivity contribution in [1.82, 2.24) is 0 Å². The van der Waals surface area contributed by atoms with Gasteiger partial charge in [0.05, 0.1) is 0 Å². The van der Waals surface area contributed by atoms with Gasteiger partial charge in [0.1, 0.15) is 0 Å². The van der Waals surface area contributed by atoms with Gasteiger partial charge in [-0.05, 0) is 0 Å². The van der Waals surface area contributed by atoms with E-state index in [2.05, 4.69) is 0 Å². The van der Waals surface area contributed by atoms with E-state index in [1.807, 2.05) is 36.4 Å². The van der Waals surface area contributed by atoms with Crippen molar-refractivity contribution < 1.29 is 21.8 Å². The van der Waals surface area contributed by atoms with Gasteiger partial charge in [-0.15, -0.1) is 0 Å². The molecule has 0 N–H and O–H groups in total. The third-order valence-electron chi connectivity index (χ3n) is 8.19. The molecule has 0 aliphatic rings. The summed E-state index contributed by atoms with van der Waals surface area (Å²) in [4.78, 5) is -0.189. The van der Waals surface area contributed by atoms with E-state index in [1.165, 1.54) is 12.1 Å². The molecule has 7 aromatic carbocycles. The summed E-state index contributed by atoms with van der Waals surface area (Å²) in [5.74, 6) is 0. The van der Waals surface area contributed by atoms with Gasteiger partial charge in [0, 0.05) is 0 Å². The quantitative estimate of drug-likeness (QED) is 0.162. The molecule has 0 aromatic heterocycles. The molecule has 47 heavy (non-hydrogen) atoms. The summed E-state index contributed by atoms with van der Waals surface area (Å²) < 4.78 is 74.5. The fourth-order valence-corrected chi connectivity index (χ4v) is 30.5. The number of rotatable bonds is 9. The van der Waals surface area contributed by atoms with Crippen LogP contribution in [0, 0.1) is 0 Å². The Balaban J connectivity index is 1.63. The molecule has 0 saturated heterocycles. The molecular weight excluding hydrogens is 738 g/mol. The van der Waals surface area contributed by atoms with Crippen LogP contribution >= 0.6 is 0 Å². The van der Waals surface area contributed by atoms with Crippen LogP contribution in [-0.2, 0) is 25.2 Å². The molecule has 7 aromatic rings. The zero-order chi connectivity index (χ0) is 32.6. The van der Waals surface area contributed by atoms with Crippen molar-refractivity contribution in [3.8, 4) is 0 Å². The summed E-state index contributed by atoms with van der Waals surface area (Å²) in [7, 11) is -9.49. The van der Waals surface area contributed by atoms with Crippen molar-refractivity contribution in [2.45, 2.75) is 9.79 Å². The maximum absolute atomic E-state index is 15.0. The molecular formula is C38H29O6S2Sb. The van der Waals surface area contributed by atoms with Gasteiger partial charge in [0.2, 0.25) is 0 Å². The molecule has 7 rings (SSSR count). The second kappa shape index (κ2) is 12.1. The van der Waals surface area contributed by atoms with Crippen molar-refractivity contribution >= 4 is 70.5 Å². The molecule has 0 radical (unpaired) electrons. The molecule has 0 amide bonds. The van der Waals surface area contributed by atoms with Crippen molar-refractivity contribution in [2.24, 2.45) is 0 Å². The van der Waals surface area contributed by atoms with Crippen molar-refractivity contribution in [3.05, 3.63) is 176 Å². The van der Waals surface area contributed by atoms with E-state index in [0.29, 0.717) is 32.1 Å². The van der Waals surface area contributed by atoms with E-state index < -0.39 is 38.5 Å². The number of fused-ring (bicyclic) bond motifs is 2. The Labute approximate surface area is 276 Å². The van der Waals surface area contributed by atoms with Gasteiger partial charge in [0.25, 0.3) is 0 Å². The van der Waals surface area contributed by atoms with E-state index in [0.717, 1.165) is 0 Å². The predicted molar refractivity (Wildman–Crippen MR) is 188 cm³/mol. The van der Waals surface area contributed by atoms with Crippen LogP contribution in [0.1, 0.15) is 0 Å². The molecule has 0 atom stereocenters. The van der Waals surface area contributed by atoms with Crippen LogP contribution < -0.4 is 10.5 Å². The summed E-state index contributed by atoms with van der Waals surface area (Å²) in [5.41, 5.74) is 0. The van der Waals surface area contributed by atoms with E-state index in [9.17, 15) is 16.8 Å². The number of hydrogen-bond donors (Lipinski definition) is 0. The third kappa shape index (κ3) is 5.27. The molecule has 0 unspecified atom stereocenters. The monoisotopic (exact) mass is 766 g/mol. The Morgan fingerprint density at radius 1 is 0.340 bits per heavy atom. The third-order valence-corrected chi connectivity index (χ3v) is 29.8. The first-order valence-corrected chi connectivity index (χ1v) is 23.5. The van der Waals surface area contributed by atoms with Crippen LogP contribution in [0.2, 0.25) is 0 Å². The maximum atomic E-state index is 15.0. The molecule has 0 aliphatic carbocycles. The Morgan fingerprint density at radius 3 is 1.00 bits per heavy atom. The van der Waals surface area contributed by atoms with Gasteiger partial charge in [-0.3, -0.25) is 0 Å². The topological polar surface area (TPSA) is 86.7 Å².